The van der Waals surface area contributed by atoms with E-state index in [9.17, 15) is 8.78 Å². The number of nitrogens with one attached hydrogen (secondary N) is 1. The summed E-state index contributed by atoms with van der Waals surface area (Å²) in [4.78, 5) is 2.17. The van der Waals surface area contributed by atoms with Crippen molar-refractivity contribution in [2.75, 3.05) is 19.6 Å². The van der Waals surface area contributed by atoms with Crippen molar-refractivity contribution in [3.05, 3.63) is 33.8 Å². The van der Waals surface area contributed by atoms with Crippen LogP contribution in [-0.2, 0) is 6.54 Å². The van der Waals surface area contributed by atoms with Crippen LogP contribution in [0.1, 0.15) is 18.4 Å². The molecule has 0 bridgehead atoms. The maximum absolute atomic E-state index is 14.0. The summed E-state index contributed by atoms with van der Waals surface area (Å²) in [6.07, 6.45) is 2.24. The highest BCUT2D eigenvalue weighted by atomic mass is 79.9. The Labute approximate surface area is 120 Å². The lowest BCUT2D eigenvalue weighted by atomic mass is 9.93. The summed E-state index contributed by atoms with van der Waals surface area (Å²) in [5, 5.41) is 3.49. The van der Waals surface area contributed by atoms with E-state index in [1.807, 2.05) is 0 Å². The Hall–Kier alpha value is -0.520. The van der Waals surface area contributed by atoms with Crippen molar-refractivity contribution in [2.24, 2.45) is 5.92 Å². The number of hydrogen-bond acceptors (Lipinski definition) is 2. The number of nitrogens with zero attached hydrogens (tertiary/aromatic N) is 1. The first-order chi connectivity index (χ1) is 9.15. The van der Waals surface area contributed by atoms with Crippen molar-refractivity contribution >= 4 is 15.9 Å². The van der Waals surface area contributed by atoms with Gasteiger partial charge in [-0.1, -0.05) is 0 Å². The molecule has 1 aromatic carbocycles. The highest BCUT2D eigenvalue weighted by molar-refractivity contribution is 9.10. The van der Waals surface area contributed by atoms with E-state index in [-0.39, 0.29) is 5.56 Å². The second-order valence-electron chi connectivity index (χ2n) is 5.45. The molecule has 104 valence electrons. The van der Waals surface area contributed by atoms with Gasteiger partial charge in [-0.05, 0) is 59.9 Å². The van der Waals surface area contributed by atoms with E-state index in [4.69, 9.17) is 0 Å². The van der Waals surface area contributed by atoms with Crippen molar-refractivity contribution in [3.63, 3.8) is 0 Å². The predicted molar refractivity (Wildman–Crippen MR) is 73.8 cm³/mol. The van der Waals surface area contributed by atoms with E-state index >= 15 is 0 Å². The standard InChI is InChI=1S/C14H17BrF2N2/c15-11-1-2-12(16)10(14(11)17)8-19-6-4-13-9(7-19)3-5-18-13/h1-2,9,13,18H,3-8H2. The van der Waals surface area contributed by atoms with Crippen LogP contribution in [0, 0.1) is 17.6 Å². The van der Waals surface area contributed by atoms with Crippen LogP contribution in [0.2, 0.25) is 0 Å². The molecule has 1 N–H and O–H groups in total. The maximum Gasteiger partial charge on any atom is 0.144 e. The van der Waals surface area contributed by atoms with Crippen LogP contribution in [0.4, 0.5) is 8.78 Å². The predicted octanol–water partition coefficient (Wildman–Crippen LogP) is 2.91. The van der Waals surface area contributed by atoms with Crippen LogP contribution in [0.3, 0.4) is 0 Å². The Morgan fingerprint density at radius 2 is 2.16 bits per heavy atom. The Balaban J connectivity index is 1.73. The van der Waals surface area contributed by atoms with Gasteiger partial charge in [0.2, 0.25) is 0 Å². The largest absolute Gasteiger partial charge is 0.314 e. The molecule has 0 radical (unpaired) electrons. The molecule has 2 saturated heterocycles. The van der Waals surface area contributed by atoms with Crippen molar-refractivity contribution in [1.82, 2.24) is 10.2 Å². The van der Waals surface area contributed by atoms with E-state index in [2.05, 4.69) is 26.1 Å². The van der Waals surface area contributed by atoms with Crippen molar-refractivity contribution in [2.45, 2.75) is 25.4 Å². The number of fused-ring (bicyclic) bond motifs is 1. The van der Waals surface area contributed by atoms with Gasteiger partial charge in [0.25, 0.3) is 0 Å². The van der Waals surface area contributed by atoms with Gasteiger partial charge in [-0.3, -0.25) is 4.90 Å². The molecular formula is C14H17BrF2N2. The van der Waals surface area contributed by atoms with Crippen LogP contribution in [0.15, 0.2) is 16.6 Å². The second-order valence-corrected chi connectivity index (χ2v) is 6.31. The van der Waals surface area contributed by atoms with Gasteiger partial charge in [-0.25, -0.2) is 8.78 Å². The summed E-state index contributed by atoms with van der Waals surface area (Å²) in [5.74, 6) is -0.286. The van der Waals surface area contributed by atoms with Crippen LogP contribution < -0.4 is 5.32 Å². The average Bonchev–Trinajstić information content (AvgIpc) is 2.86. The first kappa shape index (κ1) is 13.5. The average molecular weight is 331 g/mol. The minimum atomic E-state index is -0.466. The molecule has 2 fully saturated rings. The summed E-state index contributed by atoms with van der Waals surface area (Å²) < 4.78 is 28.0. The van der Waals surface area contributed by atoms with Gasteiger partial charge < -0.3 is 5.32 Å². The Kier molecular flexibility index (Phi) is 3.87. The van der Waals surface area contributed by atoms with Gasteiger partial charge in [0.15, 0.2) is 0 Å². The minimum Gasteiger partial charge on any atom is -0.314 e. The molecule has 0 saturated carbocycles. The van der Waals surface area contributed by atoms with Crippen molar-refractivity contribution < 1.29 is 8.78 Å². The molecule has 2 atom stereocenters. The smallest absolute Gasteiger partial charge is 0.144 e. The fraction of sp³-hybridized carbons (Fsp3) is 0.571. The highest BCUT2D eigenvalue weighted by Crippen LogP contribution is 2.28. The van der Waals surface area contributed by atoms with Crippen LogP contribution >= 0.6 is 15.9 Å². The SMILES string of the molecule is Fc1ccc(Br)c(F)c1CN1CCC2NCCC2C1. The number of likely N-dealkylation sites (tertiary alicyclic amines) is 1. The van der Waals surface area contributed by atoms with Gasteiger partial charge >= 0.3 is 0 Å². The maximum atomic E-state index is 14.0. The summed E-state index contributed by atoms with van der Waals surface area (Å²) >= 11 is 3.12. The second kappa shape index (κ2) is 5.46. The summed E-state index contributed by atoms with van der Waals surface area (Å²) in [6.45, 7) is 3.27. The number of piperidine rings is 1. The third-order valence-electron chi connectivity index (χ3n) is 4.26. The topological polar surface area (TPSA) is 15.3 Å². The first-order valence-corrected chi connectivity index (χ1v) is 7.52. The molecule has 19 heavy (non-hydrogen) atoms. The number of halogens is 3. The zero-order valence-electron chi connectivity index (χ0n) is 10.6. The van der Waals surface area contributed by atoms with E-state index in [1.54, 1.807) is 0 Å². The molecule has 0 aliphatic carbocycles. The normalized spacial score (nSPS) is 27.5. The summed E-state index contributed by atoms with van der Waals surface area (Å²) in [5.41, 5.74) is 0.179. The van der Waals surface area contributed by atoms with E-state index in [0.29, 0.717) is 23.0 Å². The third-order valence-corrected chi connectivity index (χ3v) is 4.87. The number of rotatable bonds is 2. The van der Waals surface area contributed by atoms with Crippen molar-refractivity contribution in [1.29, 1.82) is 0 Å². The molecule has 2 aliphatic rings. The lowest BCUT2D eigenvalue weighted by molar-refractivity contribution is 0.152. The Morgan fingerprint density at radius 1 is 1.32 bits per heavy atom. The van der Waals surface area contributed by atoms with Gasteiger partial charge in [-0.2, -0.15) is 0 Å². The lowest BCUT2D eigenvalue weighted by Crippen LogP contribution is -2.44. The number of benzene rings is 1. The van der Waals surface area contributed by atoms with Crippen LogP contribution in [0.5, 0.6) is 0 Å². The minimum absolute atomic E-state index is 0.179. The summed E-state index contributed by atoms with van der Waals surface area (Å²) in [6, 6.07) is 3.35. The molecule has 2 unspecified atom stereocenters. The summed E-state index contributed by atoms with van der Waals surface area (Å²) in [7, 11) is 0. The zero-order chi connectivity index (χ0) is 13.4. The quantitative estimate of drug-likeness (QED) is 0.839. The van der Waals surface area contributed by atoms with Crippen LogP contribution in [0.25, 0.3) is 0 Å². The van der Waals surface area contributed by atoms with E-state index < -0.39 is 11.6 Å². The highest BCUT2D eigenvalue weighted by Gasteiger charge is 2.33. The molecule has 0 amide bonds. The Morgan fingerprint density at radius 3 is 3.00 bits per heavy atom. The molecule has 2 nitrogen and oxygen atoms in total. The third kappa shape index (κ3) is 2.69. The van der Waals surface area contributed by atoms with Crippen LogP contribution in [-0.4, -0.2) is 30.6 Å². The molecule has 5 heteroatoms. The molecule has 2 aliphatic heterocycles. The molecule has 0 aromatic heterocycles. The monoisotopic (exact) mass is 330 g/mol. The molecule has 2 heterocycles. The van der Waals surface area contributed by atoms with E-state index in [1.165, 1.54) is 18.6 Å². The number of hydrogen-bond donors (Lipinski definition) is 1. The molecule has 1 aromatic rings. The Bertz CT molecular complexity index is 481. The zero-order valence-corrected chi connectivity index (χ0v) is 12.2. The molecule has 0 spiro atoms. The molecule has 3 rings (SSSR count). The fourth-order valence-corrected chi connectivity index (χ4v) is 3.58. The van der Waals surface area contributed by atoms with Gasteiger partial charge in [0, 0.05) is 24.7 Å². The molecular weight excluding hydrogens is 314 g/mol. The van der Waals surface area contributed by atoms with Gasteiger partial charge in [-0.15, -0.1) is 0 Å². The van der Waals surface area contributed by atoms with Gasteiger partial charge in [0.05, 0.1) is 4.47 Å². The van der Waals surface area contributed by atoms with E-state index in [0.717, 1.165) is 26.1 Å². The fourth-order valence-electron chi connectivity index (χ4n) is 3.20. The van der Waals surface area contributed by atoms with Crippen molar-refractivity contribution in [3.8, 4) is 0 Å². The lowest BCUT2D eigenvalue weighted by Gasteiger charge is -2.35. The van der Waals surface area contributed by atoms with Gasteiger partial charge in [0.1, 0.15) is 11.6 Å². The first-order valence-electron chi connectivity index (χ1n) is 6.73.